The molecule has 1 N–H and O–H groups in total. The number of hydrogen-bond acceptors (Lipinski definition) is 4. The molecule has 0 aromatic heterocycles. The SMILES string of the molecule is COc1ccc(C(NC(=O)CCCN2C(=O)c3ccccc3C2=O)C(C)C)cc1. The van der Waals surface area contributed by atoms with Gasteiger partial charge in [0.1, 0.15) is 5.75 Å². The summed E-state index contributed by atoms with van der Waals surface area (Å²) in [6, 6.07) is 14.3. The van der Waals surface area contributed by atoms with Crippen LogP contribution in [0, 0.1) is 5.92 Å². The molecule has 2 aromatic carbocycles. The summed E-state index contributed by atoms with van der Waals surface area (Å²) in [5.74, 6) is 0.303. The molecule has 2 aromatic rings. The molecule has 0 bridgehead atoms. The van der Waals surface area contributed by atoms with E-state index in [1.165, 1.54) is 4.90 Å². The van der Waals surface area contributed by atoms with E-state index in [1.54, 1.807) is 31.4 Å². The van der Waals surface area contributed by atoms with Gasteiger partial charge in [-0.05, 0) is 42.2 Å². The van der Waals surface area contributed by atoms with Crippen LogP contribution in [-0.4, -0.2) is 36.3 Å². The Morgan fingerprint density at radius 3 is 2.10 bits per heavy atom. The number of imide groups is 1. The molecule has 0 radical (unpaired) electrons. The molecule has 152 valence electrons. The van der Waals surface area contributed by atoms with Crippen LogP contribution in [0.4, 0.5) is 0 Å². The summed E-state index contributed by atoms with van der Waals surface area (Å²) in [5, 5.41) is 3.07. The number of amides is 3. The van der Waals surface area contributed by atoms with Crippen LogP contribution in [0.2, 0.25) is 0 Å². The average molecular weight is 394 g/mol. The highest BCUT2D eigenvalue weighted by molar-refractivity contribution is 6.21. The van der Waals surface area contributed by atoms with Gasteiger partial charge in [-0.2, -0.15) is 0 Å². The standard InChI is InChI=1S/C23H26N2O4/c1-15(2)21(16-10-12-17(29-3)13-11-16)24-20(26)9-6-14-25-22(27)18-7-4-5-8-19(18)23(25)28/h4-5,7-8,10-13,15,21H,6,9,14H2,1-3H3,(H,24,26). The Labute approximate surface area is 170 Å². The second-order valence-corrected chi connectivity index (χ2v) is 7.47. The molecule has 6 heteroatoms. The van der Waals surface area contributed by atoms with Crippen LogP contribution in [0.15, 0.2) is 48.5 Å². The van der Waals surface area contributed by atoms with E-state index in [4.69, 9.17) is 4.74 Å². The van der Waals surface area contributed by atoms with Crippen molar-refractivity contribution in [1.29, 1.82) is 0 Å². The van der Waals surface area contributed by atoms with Crippen molar-refractivity contribution in [2.45, 2.75) is 32.7 Å². The van der Waals surface area contributed by atoms with Crippen molar-refractivity contribution in [2.75, 3.05) is 13.7 Å². The number of nitrogens with zero attached hydrogens (tertiary/aromatic N) is 1. The Morgan fingerprint density at radius 2 is 1.59 bits per heavy atom. The van der Waals surface area contributed by atoms with E-state index in [9.17, 15) is 14.4 Å². The lowest BCUT2D eigenvalue weighted by Gasteiger charge is -2.23. The van der Waals surface area contributed by atoms with E-state index in [0.29, 0.717) is 17.5 Å². The highest BCUT2D eigenvalue weighted by Gasteiger charge is 2.34. The first-order valence-electron chi connectivity index (χ1n) is 9.81. The third kappa shape index (κ3) is 4.47. The molecule has 1 unspecified atom stereocenters. The number of rotatable bonds is 8. The third-order valence-corrected chi connectivity index (χ3v) is 5.12. The second-order valence-electron chi connectivity index (χ2n) is 7.47. The minimum Gasteiger partial charge on any atom is -0.497 e. The zero-order valence-electron chi connectivity index (χ0n) is 17.0. The summed E-state index contributed by atoms with van der Waals surface area (Å²) >= 11 is 0. The van der Waals surface area contributed by atoms with E-state index < -0.39 is 0 Å². The van der Waals surface area contributed by atoms with Crippen LogP contribution in [-0.2, 0) is 4.79 Å². The molecule has 29 heavy (non-hydrogen) atoms. The molecule has 1 heterocycles. The molecule has 0 saturated carbocycles. The second kappa shape index (κ2) is 8.90. The number of fused-ring (bicyclic) bond motifs is 1. The van der Waals surface area contributed by atoms with Crippen LogP contribution < -0.4 is 10.1 Å². The van der Waals surface area contributed by atoms with Crippen molar-refractivity contribution >= 4 is 17.7 Å². The van der Waals surface area contributed by atoms with Crippen LogP contribution in [0.1, 0.15) is 59.0 Å². The Morgan fingerprint density at radius 1 is 1.00 bits per heavy atom. The van der Waals surface area contributed by atoms with Crippen molar-refractivity contribution in [3.8, 4) is 5.75 Å². The van der Waals surface area contributed by atoms with Crippen LogP contribution in [0.25, 0.3) is 0 Å². The zero-order chi connectivity index (χ0) is 21.0. The molecule has 0 saturated heterocycles. The minimum atomic E-state index is -0.288. The number of hydrogen-bond donors (Lipinski definition) is 1. The van der Waals surface area contributed by atoms with Crippen molar-refractivity contribution in [3.05, 3.63) is 65.2 Å². The van der Waals surface area contributed by atoms with Gasteiger partial charge in [-0.1, -0.05) is 38.1 Å². The summed E-state index contributed by atoms with van der Waals surface area (Å²) in [7, 11) is 1.62. The number of ether oxygens (including phenoxy) is 1. The number of nitrogens with one attached hydrogen (secondary N) is 1. The first-order chi connectivity index (χ1) is 13.9. The molecule has 0 fully saturated rings. The first kappa shape index (κ1) is 20.6. The number of carbonyl (C=O) groups is 3. The van der Waals surface area contributed by atoms with Gasteiger partial charge in [-0.3, -0.25) is 19.3 Å². The molecule has 3 rings (SSSR count). The normalized spacial score (nSPS) is 14.1. The number of carbonyl (C=O) groups excluding carboxylic acids is 3. The van der Waals surface area contributed by atoms with Gasteiger partial charge in [0.05, 0.1) is 24.3 Å². The third-order valence-electron chi connectivity index (χ3n) is 5.12. The van der Waals surface area contributed by atoms with Gasteiger partial charge in [0.25, 0.3) is 11.8 Å². The summed E-state index contributed by atoms with van der Waals surface area (Å²) < 4.78 is 5.19. The van der Waals surface area contributed by atoms with E-state index in [-0.39, 0.29) is 42.6 Å². The van der Waals surface area contributed by atoms with E-state index >= 15 is 0 Å². The van der Waals surface area contributed by atoms with Gasteiger partial charge < -0.3 is 10.1 Å². The molecule has 1 atom stereocenters. The molecule has 1 aliphatic rings. The van der Waals surface area contributed by atoms with Gasteiger partial charge >= 0.3 is 0 Å². The van der Waals surface area contributed by atoms with Crippen molar-refractivity contribution < 1.29 is 19.1 Å². The van der Waals surface area contributed by atoms with E-state index in [2.05, 4.69) is 5.32 Å². The van der Waals surface area contributed by atoms with Crippen LogP contribution >= 0.6 is 0 Å². The molecule has 3 amide bonds. The summed E-state index contributed by atoms with van der Waals surface area (Å²) in [6.45, 7) is 4.33. The number of methoxy groups -OCH3 is 1. The summed E-state index contributed by atoms with van der Waals surface area (Å²) in [6.07, 6.45) is 0.664. The Balaban J connectivity index is 1.55. The predicted molar refractivity (Wildman–Crippen MR) is 110 cm³/mol. The van der Waals surface area contributed by atoms with Crippen LogP contribution in [0.3, 0.4) is 0 Å². The molecular formula is C23H26N2O4. The molecule has 0 aliphatic carbocycles. The topological polar surface area (TPSA) is 75.7 Å². The molecule has 6 nitrogen and oxygen atoms in total. The highest BCUT2D eigenvalue weighted by atomic mass is 16.5. The summed E-state index contributed by atoms with van der Waals surface area (Å²) in [4.78, 5) is 38.5. The lowest BCUT2D eigenvalue weighted by Crippen LogP contribution is -2.34. The van der Waals surface area contributed by atoms with E-state index in [0.717, 1.165) is 11.3 Å². The fourth-order valence-electron chi connectivity index (χ4n) is 3.53. The largest absolute Gasteiger partial charge is 0.497 e. The van der Waals surface area contributed by atoms with Gasteiger partial charge in [0.15, 0.2) is 0 Å². The van der Waals surface area contributed by atoms with Crippen LogP contribution in [0.5, 0.6) is 5.75 Å². The Bertz CT molecular complexity index is 870. The van der Waals surface area contributed by atoms with Crippen molar-refractivity contribution in [3.63, 3.8) is 0 Å². The fourth-order valence-corrected chi connectivity index (χ4v) is 3.53. The van der Waals surface area contributed by atoms with Crippen molar-refractivity contribution in [1.82, 2.24) is 10.2 Å². The maximum Gasteiger partial charge on any atom is 0.261 e. The first-order valence-corrected chi connectivity index (χ1v) is 9.81. The summed E-state index contributed by atoms with van der Waals surface area (Å²) in [5.41, 5.74) is 1.87. The maximum atomic E-state index is 12.5. The van der Waals surface area contributed by atoms with Gasteiger partial charge in [-0.15, -0.1) is 0 Å². The minimum absolute atomic E-state index is 0.101. The lowest BCUT2D eigenvalue weighted by molar-refractivity contribution is -0.122. The van der Waals surface area contributed by atoms with Gasteiger partial charge in [0, 0.05) is 13.0 Å². The van der Waals surface area contributed by atoms with E-state index in [1.807, 2.05) is 38.1 Å². The Hall–Kier alpha value is -3.15. The lowest BCUT2D eigenvalue weighted by atomic mass is 9.95. The maximum absolute atomic E-state index is 12.5. The Kier molecular flexibility index (Phi) is 6.32. The number of benzene rings is 2. The average Bonchev–Trinajstić information content (AvgIpc) is 2.97. The molecule has 1 aliphatic heterocycles. The van der Waals surface area contributed by atoms with Gasteiger partial charge in [-0.25, -0.2) is 0 Å². The molecule has 0 spiro atoms. The smallest absolute Gasteiger partial charge is 0.261 e. The highest BCUT2D eigenvalue weighted by Crippen LogP contribution is 2.25. The van der Waals surface area contributed by atoms with Crippen molar-refractivity contribution in [2.24, 2.45) is 5.92 Å². The molecular weight excluding hydrogens is 368 g/mol. The monoisotopic (exact) mass is 394 g/mol. The predicted octanol–water partition coefficient (Wildman–Crippen LogP) is 3.58. The quantitative estimate of drug-likeness (QED) is 0.695. The fraction of sp³-hybridized carbons (Fsp3) is 0.348. The van der Waals surface area contributed by atoms with Gasteiger partial charge in [0.2, 0.25) is 5.91 Å². The zero-order valence-corrected chi connectivity index (χ0v) is 17.0.